The van der Waals surface area contributed by atoms with Crippen molar-refractivity contribution in [2.45, 2.75) is 0 Å². The van der Waals surface area contributed by atoms with Gasteiger partial charge in [-0.2, -0.15) is 0 Å². The summed E-state index contributed by atoms with van der Waals surface area (Å²) in [6.07, 6.45) is 4.94. The highest BCUT2D eigenvalue weighted by Gasteiger charge is 2.03. The van der Waals surface area contributed by atoms with Crippen molar-refractivity contribution in [3.63, 3.8) is 0 Å². The number of rotatable bonds is 4. The molecule has 0 atom stereocenters. The summed E-state index contributed by atoms with van der Waals surface area (Å²) in [5.41, 5.74) is 2.50. The Morgan fingerprint density at radius 2 is 2.00 bits per heavy atom. The van der Waals surface area contributed by atoms with E-state index in [1.165, 1.54) is 6.08 Å². The number of nitrogens with zero attached hydrogens (tertiary/aromatic N) is 1. The number of pyridine rings is 1. The predicted molar refractivity (Wildman–Crippen MR) is 92.4 cm³/mol. The molecule has 2 aromatic carbocycles. The topological polar surface area (TPSA) is 51.2 Å². The SMILES string of the molecule is COc1cccc(C=CC(=O)Nc2ccnc3ccccc23)c1. The summed E-state index contributed by atoms with van der Waals surface area (Å²) in [6.45, 7) is 0. The molecule has 3 rings (SSSR count). The Morgan fingerprint density at radius 3 is 2.87 bits per heavy atom. The lowest BCUT2D eigenvalue weighted by Gasteiger charge is -2.06. The molecule has 0 spiro atoms. The van der Waals surface area contributed by atoms with E-state index in [1.807, 2.05) is 48.5 Å². The molecular formula is C19H16N2O2. The van der Waals surface area contributed by atoms with Crippen LogP contribution in [0.1, 0.15) is 5.56 Å². The molecule has 1 heterocycles. The van der Waals surface area contributed by atoms with E-state index < -0.39 is 0 Å². The highest BCUT2D eigenvalue weighted by Crippen LogP contribution is 2.21. The fourth-order valence-electron chi connectivity index (χ4n) is 2.30. The summed E-state index contributed by atoms with van der Waals surface area (Å²) in [7, 11) is 1.62. The summed E-state index contributed by atoms with van der Waals surface area (Å²) in [5.74, 6) is 0.567. The number of carbonyl (C=O) groups is 1. The second kappa shape index (κ2) is 6.75. The number of carbonyl (C=O) groups excluding carboxylic acids is 1. The highest BCUT2D eigenvalue weighted by atomic mass is 16.5. The molecule has 0 radical (unpaired) electrons. The highest BCUT2D eigenvalue weighted by molar-refractivity contribution is 6.06. The minimum atomic E-state index is -0.191. The van der Waals surface area contributed by atoms with Crippen LogP contribution in [0.2, 0.25) is 0 Å². The van der Waals surface area contributed by atoms with Crippen LogP contribution in [0.25, 0.3) is 17.0 Å². The minimum Gasteiger partial charge on any atom is -0.497 e. The molecule has 1 N–H and O–H groups in total. The fraction of sp³-hybridized carbons (Fsp3) is 0.0526. The summed E-state index contributed by atoms with van der Waals surface area (Å²) < 4.78 is 5.16. The normalized spacial score (nSPS) is 10.8. The lowest BCUT2D eigenvalue weighted by atomic mass is 10.2. The monoisotopic (exact) mass is 304 g/mol. The Kier molecular flexibility index (Phi) is 4.34. The van der Waals surface area contributed by atoms with Gasteiger partial charge in [0.1, 0.15) is 5.75 Å². The molecule has 114 valence electrons. The number of ether oxygens (including phenoxy) is 1. The van der Waals surface area contributed by atoms with Gasteiger partial charge in [0.15, 0.2) is 0 Å². The van der Waals surface area contributed by atoms with Gasteiger partial charge in [0.2, 0.25) is 5.91 Å². The van der Waals surface area contributed by atoms with Crippen LogP contribution < -0.4 is 10.1 Å². The molecule has 23 heavy (non-hydrogen) atoms. The number of benzene rings is 2. The number of aromatic nitrogens is 1. The molecule has 0 aliphatic heterocycles. The van der Waals surface area contributed by atoms with Crippen LogP contribution in [0.15, 0.2) is 66.9 Å². The molecular weight excluding hydrogens is 288 g/mol. The Morgan fingerprint density at radius 1 is 1.13 bits per heavy atom. The zero-order valence-corrected chi connectivity index (χ0v) is 12.7. The first-order valence-electron chi connectivity index (χ1n) is 7.23. The van der Waals surface area contributed by atoms with Crippen LogP contribution in [0, 0.1) is 0 Å². The number of methoxy groups -OCH3 is 1. The molecule has 0 unspecified atom stereocenters. The van der Waals surface area contributed by atoms with Gasteiger partial charge in [0.05, 0.1) is 18.3 Å². The van der Waals surface area contributed by atoms with Crippen molar-refractivity contribution >= 4 is 28.6 Å². The third-order valence-electron chi connectivity index (χ3n) is 3.43. The zero-order chi connectivity index (χ0) is 16.1. The maximum Gasteiger partial charge on any atom is 0.248 e. The third-order valence-corrected chi connectivity index (χ3v) is 3.43. The number of anilines is 1. The van der Waals surface area contributed by atoms with E-state index in [2.05, 4.69) is 10.3 Å². The molecule has 1 amide bonds. The van der Waals surface area contributed by atoms with E-state index in [0.717, 1.165) is 27.9 Å². The standard InChI is InChI=1S/C19H16N2O2/c1-23-15-6-4-5-14(13-15)9-10-19(22)21-18-11-12-20-17-8-3-2-7-16(17)18/h2-13H,1H3,(H,20,21,22). The molecule has 0 fully saturated rings. The number of nitrogens with one attached hydrogen (secondary N) is 1. The van der Waals surface area contributed by atoms with Gasteiger partial charge in [0, 0.05) is 17.7 Å². The van der Waals surface area contributed by atoms with Gasteiger partial charge in [0.25, 0.3) is 0 Å². The molecule has 4 nitrogen and oxygen atoms in total. The average molecular weight is 304 g/mol. The van der Waals surface area contributed by atoms with Crippen molar-refractivity contribution in [3.05, 3.63) is 72.4 Å². The third kappa shape index (κ3) is 3.55. The Hall–Kier alpha value is -3.14. The Balaban J connectivity index is 1.77. The van der Waals surface area contributed by atoms with Gasteiger partial charge in [-0.15, -0.1) is 0 Å². The van der Waals surface area contributed by atoms with Crippen molar-refractivity contribution < 1.29 is 9.53 Å². The van der Waals surface area contributed by atoms with Crippen molar-refractivity contribution in [1.82, 2.24) is 4.98 Å². The first-order chi connectivity index (χ1) is 11.3. The van der Waals surface area contributed by atoms with Crippen LogP contribution in [-0.2, 0) is 4.79 Å². The van der Waals surface area contributed by atoms with Crippen LogP contribution in [0.4, 0.5) is 5.69 Å². The van der Waals surface area contributed by atoms with E-state index in [0.29, 0.717) is 0 Å². The summed E-state index contributed by atoms with van der Waals surface area (Å²) in [6, 6.07) is 17.0. The summed E-state index contributed by atoms with van der Waals surface area (Å²) in [5, 5.41) is 3.80. The number of para-hydroxylation sites is 1. The van der Waals surface area contributed by atoms with Gasteiger partial charge in [-0.1, -0.05) is 30.3 Å². The smallest absolute Gasteiger partial charge is 0.248 e. The van der Waals surface area contributed by atoms with Crippen molar-refractivity contribution in [2.75, 3.05) is 12.4 Å². The lowest BCUT2D eigenvalue weighted by Crippen LogP contribution is -2.08. The Labute approximate surface area is 134 Å². The number of hydrogen-bond donors (Lipinski definition) is 1. The van der Waals surface area contributed by atoms with E-state index in [9.17, 15) is 4.79 Å². The van der Waals surface area contributed by atoms with Crippen molar-refractivity contribution in [1.29, 1.82) is 0 Å². The van der Waals surface area contributed by atoms with Crippen LogP contribution in [0.3, 0.4) is 0 Å². The molecule has 0 saturated carbocycles. The zero-order valence-electron chi connectivity index (χ0n) is 12.7. The van der Waals surface area contributed by atoms with Crippen molar-refractivity contribution in [3.8, 4) is 5.75 Å². The van der Waals surface area contributed by atoms with Crippen LogP contribution >= 0.6 is 0 Å². The van der Waals surface area contributed by atoms with Gasteiger partial charge in [-0.25, -0.2) is 0 Å². The molecule has 0 bridgehead atoms. The van der Waals surface area contributed by atoms with E-state index in [-0.39, 0.29) is 5.91 Å². The van der Waals surface area contributed by atoms with Gasteiger partial charge in [-0.05, 0) is 35.9 Å². The maximum absolute atomic E-state index is 12.1. The quantitative estimate of drug-likeness (QED) is 0.744. The molecule has 0 aliphatic rings. The lowest BCUT2D eigenvalue weighted by molar-refractivity contribution is -0.111. The number of fused-ring (bicyclic) bond motifs is 1. The van der Waals surface area contributed by atoms with E-state index in [4.69, 9.17) is 4.74 Å². The summed E-state index contributed by atoms with van der Waals surface area (Å²) >= 11 is 0. The number of hydrogen-bond acceptors (Lipinski definition) is 3. The first-order valence-corrected chi connectivity index (χ1v) is 7.23. The van der Waals surface area contributed by atoms with Gasteiger partial charge >= 0.3 is 0 Å². The van der Waals surface area contributed by atoms with Gasteiger partial charge < -0.3 is 10.1 Å². The second-order valence-corrected chi connectivity index (χ2v) is 4.97. The molecule has 3 aromatic rings. The van der Waals surface area contributed by atoms with E-state index in [1.54, 1.807) is 25.4 Å². The average Bonchev–Trinajstić information content (AvgIpc) is 2.60. The fourth-order valence-corrected chi connectivity index (χ4v) is 2.30. The van der Waals surface area contributed by atoms with Crippen molar-refractivity contribution in [2.24, 2.45) is 0 Å². The van der Waals surface area contributed by atoms with Crippen LogP contribution in [-0.4, -0.2) is 18.0 Å². The number of amides is 1. The molecule has 0 saturated heterocycles. The van der Waals surface area contributed by atoms with Crippen LogP contribution in [0.5, 0.6) is 5.75 Å². The molecule has 0 aliphatic carbocycles. The second-order valence-electron chi connectivity index (χ2n) is 4.97. The predicted octanol–water partition coefficient (Wildman–Crippen LogP) is 3.90. The molecule has 1 aromatic heterocycles. The van der Waals surface area contributed by atoms with Gasteiger partial charge in [-0.3, -0.25) is 9.78 Å². The van der Waals surface area contributed by atoms with E-state index >= 15 is 0 Å². The minimum absolute atomic E-state index is 0.191. The Bertz CT molecular complexity index is 867. The maximum atomic E-state index is 12.1. The molecule has 4 heteroatoms. The largest absolute Gasteiger partial charge is 0.497 e. The first kappa shape index (κ1) is 14.8. The summed E-state index contributed by atoms with van der Waals surface area (Å²) in [4.78, 5) is 16.4.